The number of carbonyl (C=O) groups is 1. The molecule has 0 spiro atoms. The monoisotopic (exact) mass is 292 g/mol. The van der Waals surface area contributed by atoms with Crippen LogP contribution in [0.3, 0.4) is 0 Å². The van der Waals surface area contributed by atoms with Gasteiger partial charge < -0.3 is 20.1 Å². The van der Waals surface area contributed by atoms with E-state index >= 15 is 0 Å². The average Bonchev–Trinajstić information content (AvgIpc) is 3.34. The van der Waals surface area contributed by atoms with E-state index in [-0.39, 0.29) is 5.91 Å². The van der Waals surface area contributed by atoms with Crippen LogP contribution >= 0.6 is 0 Å². The lowest BCUT2D eigenvalue weighted by Crippen LogP contribution is -2.18. The molecule has 0 atom stereocenters. The first-order chi connectivity index (χ1) is 10.2. The number of methoxy groups -OCH3 is 1. The Balaban J connectivity index is 1.81. The van der Waals surface area contributed by atoms with E-state index in [4.69, 9.17) is 9.47 Å². The second-order valence-corrected chi connectivity index (χ2v) is 5.27. The Morgan fingerprint density at radius 2 is 2.14 bits per heavy atom. The van der Waals surface area contributed by atoms with Crippen LogP contribution in [0.15, 0.2) is 18.2 Å². The molecule has 116 valence electrons. The maximum atomic E-state index is 11.1. The molecule has 1 aliphatic rings. The fourth-order valence-corrected chi connectivity index (χ4v) is 2.03. The van der Waals surface area contributed by atoms with Crippen molar-refractivity contribution in [2.24, 2.45) is 0 Å². The van der Waals surface area contributed by atoms with Crippen LogP contribution in [-0.2, 0) is 11.3 Å². The molecule has 2 rings (SSSR count). The summed E-state index contributed by atoms with van der Waals surface area (Å²) in [6.45, 7) is 1.36. The minimum atomic E-state index is 0.0343. The summed E-state index contributed by atoms with van der Waals surface area (Å²) < 4.78 is 11.1. The Bertz CT molecular complexity index is 473. The van der Waals surface area contributed by atoms with Gasteiger partial charge in [-0.05, 0) is 37.0 Å². The van der Waals surface area contributed by atoms with E-state index in [1.807, 2.05) is 18.2 Å². The molecule has 5 heteroatoms. The third kappa shape index (κ3) is 5.27. The van der Waals surface area contributed by atoms with Crippen molar-refractivity contribution in [3.8, 4) is 11.5 Å². The molecule has 1 amide bonds. The number of benzene rings is 1. The minimum absolute atomic E-state index is 0.0343. The predicted molar refractivity (Wildman–Crippen MR) is 81.7 cm³/mol. The van der Waals surface area contributed by atoms with Gasteiger partial charge in [0.05, 0.1) is 13.7 Å². The Hall–Kier alpha value is -1.75. The first-order valence-corrected chi connectivity index (χ1v) is 7.46. The van der Waals surface area contributed by atoms with Crippen LogP contribution in [0.25, 0.3) is 0 Å². The Labute approximate surface area is 126 Å². The topological polar surface area (TPSA) is 59.6 Å². The molecule has 2 N–H and O–H groups in total. The predicted octanol–water partition coefficient (Wildman–Crippen LogP) is 1.85. The van der Waals surface area contributed by atoms with E-state index in [0.717, 1.165) is 18.0 Å². The Morgan fingerprint density at radius 1 is 1.33 bits per heavy atom. The zero-order valence-corrected chi connectivity index (χ0v) is 12.8. The molecular formula is C16H24N2O3. The highest BCUT2D eigenvalue weighted by Gasteiger charge is 2.20. The van der Waals surface area contributed by atoms with E-state index in [9.17, 15) is 4.79 Å². The van der Waals surface area contributed by atoms with Crippen molar-refractivity contribution in [3.05, 3.63) is 23.8 Å². The molecule has 5 nitrogen and oxygen atoms in total. The molecular weight excluding hydrogens is 268 g/mol. The second-order valence-electron chi connectivity index (χ2n) is 5.27. The van der Waals surface area contributed by atoms with Crippen LogP contribution in [0.1, 0.15) is 31.2 Å². The largest absolute Gasteiger partial charge is 0.493 e. The first-order valence-electron chi connectivity index (χ1n) is 7.46. The lowest BCUT2D eigenvalue weighted by atomic mass is 10.2. The zero-order chi connectivity index (χ0) is 15.1. The van der Waals surface area contributed by atoms with Gasteiger partial charge in [-0.15, -0.1) is 0 Å². The van der Waals surface area contributed by atoms with E-state index in [1.165, 1.54) is 18.4 Å². The minimum Gasteiger partial charge on any atom is -0.493 e. The quantitative estimate of drug-likeness (QED) is 0.682. The third-order valence-electron chi connectivity index (χ3n) is 3.48. The number of ether oxygens (including phenoxy) is 2. The summed E-state index contributed by atoms with van der Waals surface area (Å²) in [4.78, 5) is 11.1. The average molecular weight is 292 g/mol. The molecule has 1 aliphatic carbocycles. The summed E-state index contributed by atoms with van der Waals surface area (Å²) in [5.41, 5.74) is 1.19. The van der Waals surface area contributed by atoms with E-state index in [2.05, 4.69) is 10.6 Å². The molecule has 0 saturated heterocycles. The molecule has 0 bridgehead atoms. The van der Waals surface area contributed by atoms with Crippen molar-refractivity contribution in [1.29, 1.82) is 0 Å². The summed E-state index contributed by atoms with van der Waals surface area (Å²) in [5.74, 6) is 1.50. The van der Waals surface area contributed by atoms with Crippen molar-refractivity contribution in [3.63, 3.8) is 0 Å². The van der Waals surface area contributed by atoms with Crippen molar-refractivity contribution < 1.29 is 14.3 Å². The molecule has 1 fully saturated rings. The number of hydrogen-bond acceptors (Lipinski definition) is 4. The first kappa shape index (κ1) is 15.6. The van der Waals surface area contributed by atoms with Gasteiger partial charge in [-0.1, -0.05) is 6.07 Å². The Kier molecular flexibility index (Phi) is 5.87. The van der Waals surface area contributed by atoms with Gasteiger partial charge in [-0.25, -0.2) is 0 Å². The van der Waals surface area contributed by atoms with Gasteiger partial charge in [-0.2, -0.15) is 0 Å². The molecule has 0 aromatic heterocycles. The smallest absolute Gasteiger partial charge is 0.219 e. The van der Waals surface area contributed by atoms with Gasteiger partial charge in [0.1, 0.15) is 0 Å². The molecule has 1 saturated carbocycles. The van der Waals surface area contributed by atoms with Crippen LogP contribution in [0, 0.1) is 0 Å². The van der Waals surface area contributed by atoms with Gasteiger partial charge >= 0.3 is 0 Å². The number of amides is 1. The number of nitrogens with one attached hydrogen (secondary N) is 2. The molecule has 21 heavy (non-hydrogen) atoms. The standard InChI is InChI=1S/C16H24N2O3/c1-17-16(19)4-3-9-21-14-8-5-12(10-15(14)20-2)11-18-13-6-7-13/h5,8,10,13,18H,3-4,6-7,9,11H2,1-2H3,(H,17,19). The lowest BCUT2D eigenvalue weighted by Gasteiger charge is -2.12. The van der Waals surface area contributed by atoms with Gasteiger partial charge in [0.2, 0.25) is 5.91 Å². The summed E-state index contributed by atoms with van der Waals surface area (Å²) in [7, 11) is 3.28. The summed E-state index contributed by atoms with van der Waals surface area (Å²) in [6.07, 6.45) is 3.73. The number of carbonyl (C=O) groups excluding carboxylic acids is 1. The van der Waals surface area contributed by atoms with Crippen LogP contribution in [0.2, 0.25) is 0 Å². The molecule has 0 radical (unpaired) electrons. The van der Waals surface area contributed by atoms with Crippen LogP contribution < -0.4 is 20.1 Å². The Morgan fingerprint density at radius 3 is 2.81 bits per heavy atom. The second kappa shape index (κ2) is 7.88. The normalized spacial score (nSPS) is 13.8. The van der Waals surface area contributed by atoms with Gasteiger partial charge in [0.25, 0.3) is 0 Å². The van der Waals surface area contributed by atoms with Crippen molar-refractivity contribution in [1.82, 2.24) is 10.6 Å². The van der Waals surface area contributed by atoms with Crippen LogP contribution in [-0.4, -0.2) is 32.7 Å². The molecule has 0 aliphatic heterocycles. The number of hydrogen-bond donors (Lipinski definition) is 2. The van der Waals surface area contributed by atoms with E-state index in [1.54, 1.807) is 14.2 Å². The molecule has 1 aromatic rings. The van der Waals surface area contributed by atoms with Gasteiger partial charge in [0, 0.05) is 26.1 Å². The van der Waals surface area contributed by atoms with Crippen LogP contribution in [0.4, 0.5) is 0 Å². The summed E-state index contributed by atoms with van der Waals surface area (Å²) in [6, 6.07) is 6.68. The van der Waals surface area contributed by atoms with Crippen molar-refractivity contribution >= 4 is 5.91 Å². The SMILES string of the molecule is CNC(=O)CCCOc1ccc(CNC2CC2)cc1OC. The molecule has 1 aromatic carbocycles. The van der Waals surface area contributed by atoms with E-state index in [0.29, 0.717) is 25.5 Å². The molecule has 0 heterocycles. The van der Waals surface area contributed by atoms with Crippen LogP contribution in [0.5, 0.6) is 11.5 Å². The van der Waals surface area contributed by atoms with Gasteiger partial charge in [-0.3, -0.25) is 4.79 Å². The van der Waals surface area contributed by atoms with Crippen molar-refractivity contribution in [2.75, 3.05) is 20.8 Å². The maximum Gasteiger partial charge on any atom is 0.219 e. The molecule has 0 unspecified atom stereocenters. The fraction of sp³-hybridized carbons (Fsp3) is 0.562. The highest BCUT2D eigenvalue weighted by Crippen LogP contribution is 2.28. The maximum absolute atomic E-state index is 11.1. The fourth-order valence-electron chi connectivity index (χ4n) is 2.03. The van der Waals surface area contributed by atoms with Gasteiger partial charge in [0.15, 0.2) is 11.5 Å². The zero-order valence-electron chi connectivity index (χ0n) is 12.8. The lowest BCUT2D eigenvalue weighted by molar-refractivity contribution is -0.120. The van der Waals surface area contributed by atoms with E-state index < -0.39 is 0 Å². The summed E-state index contributed by atoms with van der Waals surface area (Å²) >= 11 is 0. The highest BCUT2D eigenvalue weighted by atomic mass is 16.5. The number of rotatable bonds is 9. The van der Waals surface area contributed by atoms with Crippen molar-refractivity contribution in [2.45, 2.75) is 38.3 Å². The highest BCUT2D eigenvalue weighted by molar-refractivity contribution is 5.75. The summed E-state index contributed by atoms with van der Waals surface area (Å²) in [5, 5.41) is 6.07. The third-order valence-corrected chi connectivity index (χ3v) is 3.48.